The van der Waals surface area contributed by atoms with Crippen LogP contribution in [0.25, 0.3) is 0 Å². The Kier molecular flexibility index (Phi) is 3.90. The van der Waals surface area contributed by atoms with Gasteiger partial charge in [0.15, 0.2) is 11.6 Å². The molecule has 0 radical (unpaired) electrons. The fraction of sp³-hybridized carbons (Fsp3) is 0.333. The summed E-state index contributed by atoms with van der Waals surface area (Å²) >= 11 is -2.62. The molecule has 0 aliphatic heterocycles. The van der Waals surface area contributed by atoms with Crippen molar-refractivity contribution in [2.45, 2.75) is 17.9 Å². The summed E-state index contributed by atoms with van der Waals surface area (Å²) in [7, 11) is 1.35. The molecule has 0 saturated carbocycles. The minimum atomic E-state index is -2.62. The molecule has 0 aliphatic carbocycles. The highest BCUT2D eigenvalue weighted by molar-refractivity contribution is 7.79. The van der Waals surface area contributed by atoms with E-state index in [4.69, 9.17) is 4.74 Å². The van der Waals surface area contributed by atoms with Gasteiger partial charge in [-0.05, 0) is 35.7 Å². The van der Waals surface area contributed by atoms with Crippen molar-refractivity contribution >= 4 is 11.1 Å². The molecule has 2 unspecified atom stereocenters. The minimum Gasteiger partial charge on any atom is -0.768 e. The molecular formula is C9H9F2O3S-. The third kappa shape index (κ3) is 2.58. The van der Waals surface area contributed by atoms with Crippen LogP contribution in [0.5, 0.6) is 0 Å². The SMILES string of the molecule is COC(C)c1cc(F)c(F)cc1S(=O)[O-]. The number of halogens is 2. The van der Waals surface area contributed by atoms with Crippen LogP contribution in [0.2, 0.25) is 0 Å². The molecule has 0 heterocycles. The van der Waals surface area contributed by atoms with Gasteiger partial charge in [-0.1, -0.05) is 0 Å². The van der Waals surface area contributed by atoms with E-state index in [9.17, 15) is 17.5 Å². The summed E-state index contributed by atoms with van der Waals surface area (Å²) in [5, 5.41) is 0. The average Bonchev–Trinajstić information content (AvgIpc) is 2.20. The van der Waals surface area contributed by atoms with Gasteiger partial charge in [-0.3, -0.25) is 4.21 Å². The predicted octanol–water partition coefficient (Wildman–Crippen LogP) is 1.91. The number of hydrogen-bond acceptors (Lipinski definition) is 3. The average molecular weight is 235 g/mol. The number of hydrogen-bond donors (Lipinski definition) is 0. The molecule has 0 fully saturated rings. The van der Waals surface area contributed by atoms with Crippen molar-refractivity contribution in [2.75, 3.05) is 7.11 Å². The Labute approximate surface area is 88.3 Å². The molecule has 84 valence electrons. The van der Waals surface area contributed by atoms with E-state index in [1.165, 1.54) is 7.11 Å². The van der Waals surface area contributed by atoms with Gasteiger partial charge in [0.25, 0.3) is 0 Å². The maximum Gasteiger partial charge on any atom is 0.160 e. The molecule has 0 spiro atoms. The molecule has 0 amide bonds. The summed E-state index contributed by atoms with van der Waals surface area (Å²) in [6, 6.07) is 1.47. The first-order valence-electron chi connectivity index (χ1n) is 4.08. The zero-order valence-corrected chi connectivity index (χ0v) is 8.94. The second kappa shape index (κ2) is 4.78. The standard InChI is InChI=1S/C9H10F2O3S/c1-5(14-2)6-3-7(10)8(11)4-9(6)15(12)13/h3-5H,1-2H3,(H,12,13)/p-1. The van der Waals surface area contributed by atoms with Crippen LogP contribution in [-0.2, 0) is 15.8 Å². The van der Waals surface area contributed by atoms with E-state index in [1.54, 1.807) is 6.92 Å². The minimum absolute atomic E-state index is 0.102. The van der Waals surface area contributed by atoms with Gasteiger partial charge in [0.05, 0.1) is 6.10 Å². The number of benzene rings is 1. The topological polar surface area (TPSA) is 49.4 Å². The lowest BCUT2D eigenvalue weighted by atomic mass is 10.1. The van der Waals surface area contributed by atoms with Crippen molar-refractivity contribution in [3.63, 3.8) is 0 Å². The molecule has 1 rings (SSSR count). The van der Waals surface area contributed by atoms with Crippen LogP contribution in [-0.4, -0.2) is 15.9 Å². The molecule has 2 atom stereocenters. The first-order valence-corrected chi connectivity index (χ1v) is 5.16. The fourth-order valence-electron chi connectivity index (χ4n) is 1.13. The van der Waals surface area contributed by atoms with Crippen LogP contribution in [0.1, 0.15) is 18.6 Å². The molecule has 3 nitrogen and oxygen atoms in total. The number of methoxy groups -OCH3 is 1. The van der Waals surface area contributed by atoms with Gasteiger partial charge >= 0.3 is 0 Å². The third-order valence-electron chi connectivity index (χ3n) is 2.02. The Hall–Kier alpha value is -0.850. The summed E-state index contributed by atoms with van der Waals surface area (Å²) < 4.78 is 52.1. The van der Waals surface area contributed by atoms with E-state index in [2.05, 4.69) is 0 Å². The summed E-state index contributed by atoms with van der Waals surface area (Å²) in [5.74, 6) is -2.29. The van der Waals surface area contributed by atoms with E-state index in [0.29, 0.717) is 6.07 Å². The molecule has 0 aliphatic rings. The number of rotatable bonds is 3. The first kappa shape index (κ1) is 12.2. The Balaban J connectivity index is 3.34. The summed E-state index contributed by atoms with van der Waals surface area (Å²) in [4.78, 5) is -0.289. The molecule has 0 bridgehead atoms. The highest BCUT2D eigenvalue weighted by Crippen LogP contribution is 2.25. The molecular weight excluding hydrogens is 226 g/mol. The molecule has 0 N–H and O–H groups in total. The van der Waals surface area contributed by atoms with Crippen molar-refractivity contribution in [1.82, 2.24) is 0 Å². The van der Waals surface area contributed by atoms with Crippen LogP contribution in [0.15, 0.2) is 17.0 Å². The number of ether oxygens (including phenoxy) is 1. The molecule has 1 aromatic rings. The molecule has 6 heteroatoms. The summed E-state index contributed by atoms with van der Waals surface area (Å²) in [6.07, 6.45) is -0.618. The first-order chi connectivity index (χ1) is 6.97. The lowest BCUT2D eigenvalue weighted by Gasteiger charge is -2.17. The quantitative estimate of drug-likeness (QED) is 0.752. The molecule has 15 heavy (non-hydrogen) atoms. The normalized spacial score (nSPS) is 15.0. The van der Waals surface area contributed by atoms with E-state index >= 15 is 0 Å². The zero-order chi connectivity index (χ0) is 11.6. The Bertz CT molecular complexity index is 395. The summed E-state index contributed by atoms with van der Waals surface area (Å²) in [5.41, 5.74) is 0.102. The van der Waals surface area contributed by atoms with Crippen LogP contribution < -0.4 is 0 Å². The van der Waals surface area contributed by atoms with Crippen LogP contribution in [0, 0.1) is 11.6 Å². The van der Waals surface area contributed by atoms with Crippen molar-refractivity contribution in [2.24, 2.45) is 0 Å². The van der Waals surface area contributed by atoms with Crippen LogP contribution in [0.4, 0.5) is 8.78 Å². The third-order valence-corrected chi connectivity index (χ3v) is 2.74. The highest BCUT2D eigenvalue weighted by Gasteiger charge is 2.15. The van der Waals surface area contributed by atoms with Crippen molar-refractivity contribution < 1.29 is 22.3 Å². The maximum atomic E-state index is 12.9. The predicted molar refractivity (Wildman–Crippen MR) is 49.0 cm³/mol. The van der Waals surface area contributed by atoms with Gasteiger partial charge < -0.3 is 9.29 Å². The van der Waals surface area contributed by atoms with Gasteiger partial charge in [-0.2, -0.15) is 0 Å². The highest BCUT2D eigenvalue weighted by atomic mass is 32.2. The Morgan fingerprint density at radius 2 is 1.93 bits per heavy atom. The van der Waals surface area contributed by atoms with Crippen molar-refractivity contribution in [3.05, 3.63) is 29.3 Å². The molecule has 0 saturated heterocycles. The van der Waals surface area contributed by atoms with E-state index in [0.717, 1.165) is 6.07 Å². The zero-order valence-electron chi connectivity index (χ0n) is 8.12. The van der Waals surface area contributed by atoms with E-state index < -0.39 is 28.8 Å². The van der Waals surface area contributed by atoms with Gasteiger partial charge in [0.2, 0.25) is 0 Å². The van der Waals surface area contributed by atoms with Crippen LogP contribution in [0.3, 0.4) is 0 Å². The van der Waals surface area contributed by atoms with E-state index in [1.807, 2.05) is 0 Å². The van der Waals surface area contributed by atoms with Gasteiger partial charge in [-0.15, -0.1) is 0 Å². The largest absolute Gasteiger partial charge is 0.768 e. The fourth-order valence-corrected chi connectivity index (χ4v) is 1.75. The summed E-state index contributed by atoms with van der Waals surface area (Å²) in [6.45, 7) is 1.54. The maximum absolute atomic E-state index is 12.9. The van der Waals surface area contributed by atoms with Crippen molar-refractivity contribution in [1.29, 1.82) is 0 Å². The van der Waals surface area contributed by atoms with Crippen LogP contribution >= 0.6 is 0 Å². The van der Waals surface area contributed by atoms with Gasteiger partial charge in [-0.25, -0.2) is 8.78 Å². The van der Waals surface area contributed by atoms with E-state index in [-0.39, 0.29) is 10.5 Å². The van der Waals surface area contributed by atoms with Gasteiger partial charge in [0.1, 0.15) is 0 Å². The Morgan fingerprint density at radius 3 is 2.40 bits per heavy atom. The van der Waals surface area contributed by atoms with Gasteiger partial charge in [0, 0.05) is 12.0 Å². The monoisotopic (exact) mass is 235 g/mol. The van der Waals surface area contributed by atoms with Crippen molar-refractivity contribution in [3.8, 4) is 0 Å². The second-order valence-corrected chi connectivity index (χ2v) is 3.83. The molecule has 1 aromatic carbocycles. The second-order valence-electron chi connectivity index (χ2n) is 2.92. The lowest BCUT2D eigenvalue weighted by molar-refractivity contribution is 0.116. The Morgan fingerprint density at radius 1 is 1.40 bits per heavy atom. The molecule has 0 aromatic heterocycles. The smallest absolute Gasteiger partial charge is 0.160 e. The lowest BCUT2D eigenvalue weighted by Crippen LogP contribution is -2.05.